The Morgan fingerprint density at radius 3 is 2.63 bits per heavy atom. The van der Waals surface area contributed by atoms with E-state index in [1.807, 2.05) is 6.92 Å². The largest absolute Gasteiger partial charge is 0.369 e. The molecule has 1 aromatic heterocycles. The summed E-state index contributed by atoms with van der Waals surface area (Å²) in [6, 6.07) is 0.0639. The summed E-state index contributed by atoms with van der Waals surface area (Å²) in [6.07, 6.45) is 4.11. The van der Waals surface area contributed by atoms with Crippen LogP contribution in [0.25, 0.3) is 0 Å². The number of hydrogen-bond donors (Lipinski definition) is 2. The second kappa shape index (κ2) is 6.50. The van der Waals surface area contributed by atoms with Crippen molar-refractivity contribution in [1.29, 1.82) is 0 Å². The molecule has 0 radical (unpaired) electrons. The smallest absolute Gasteiger partial charge is 0.271 e. The van der Waals surface area contributed by atoms with Gasteiger partial charge in [0.05, 0.1) is 12.4 Å². The zero-order chi connectivity index (χ0) is 14.5. The van der Waals surface area contributed by atoms with E-state index in [0.29, 0.717) is 11.5 Å². The fraction of sp³-hybridized carbons (Fsp3) is 0.643. The molecule has 0 aromatic carbocycles. The summed E-state index contributed by atoms with van der Waals surface area (Å²) in [7, 11) is 0. The Bertz CT molecular complexity index is 426. The van der Waals surface area contributed by atoms with Gasteiger partial charge in [-0.05, 0) is 18.8 Å². The molecule has 5 heteroatoms. The van der Waals surface area contributed by atoms with Crippen LogP contribution in [0.4, 0.5) is 5.82 Å². The lowest BCUT2D eigenvalue weighted by Gasteiger charge is -2.27. The molecule has 106 valence electrons. The first-order chi connectivity index (χ1) is 8.84. The highest BCUT2D eigenvalue weighted by molar-refractivity contribution is 5.92. The topological polar surface area (TPSA) is 66.9 Å². The van der Waals surface area contributed by atoms with Gasteiger partial charge in [-0.3, -0.25) is 9.78 Å². The standard InChI is InChI=1S/C14H24N4O/c1-6-7-16-12-9-15-8-11(18-12)13(19)17-10(2)14(3,4)5/h8-10H,6-7H2,1-5H3,(H,16,18)(H,17,19). The summed E-state index contributed by atoms with van der Waals surface area (Å²) >= 11 is 0. The molecule has 2 N–H and O–H groups in total. The van der Waals surface area contributed by atoms with E-state index in [1.165, 1.54) is 6.20 Å². The van der Waals surface area contributed by atoms with Crippen LogP contribution in [-0.2, 0) is 0 Å². The second-order valence-corrected chi connectivity index (χ2v) is 5.78. The van der Waals surface area contributed by atoms with Gasteiger partial charge in [-0.2, -0.15) is 0 Å². The SMILES string of the molecule is CCCNc1cncc(C(=O)NC(C)C(C)(C)C)n1. The molecule has 1 aromatic rings. The molecule has 0 saturated heterocycles. The average molecular weight is 264 g/mol. The Morgan fingerprint density at radius 2 is 2.05 bits per heavy atom. The zero-order valence-corrected chi connectivity index (χ0v) is 12.4. The van der Waals surface area contributed by atoms with E-state index in [9.17, 15) is 4.79 Å². The highest BCUT2D eigenvalue weighted by atomic mass is 16.1. The van der Waals surface area contributed by atoms with Crippen LogP contribution in [0.1, 0.15) is 51.5 Å². The molecule has 0 fully saturated rings. The number of nitrogens with one attached hydrogen (secondary N) is 2. The fourth-order valence-corrected chi connectivity index (χ4v) is 1.30. The van der Waals surface area contributed by atoms with Crippen molar-refractivity contribution in [3.05, 3.63) is 18.1 Å². The minimum Gasteiger partial charge on any atom is -0.369 e. The normalized spacial score (nSPS) is 12.9. The Kier molecular flexibility index (Phi) is 5.27. The second-order valence-electron chi connectivity index (χ2n) is 5.78. The maximum Gasteiger partial charge on any atom is 0.271 e. The van der Waals surface area contributed by atoms with E-state index in [4.69, 9.17) is 0 Å². The minimum absolute atomic E-state index is 0.0150. The molecule has 1 unspecified atom stereocenters. The van der Waals surface area contributed by atoms with E-state index in [-0.39, 0.29) is 17.4 Å². The van der Waals surface area contributed by atoms with E-state index in [1.54, 1.807) is 6.20 Å². The summed E-state index contributed by atoms with van der Waals surface area (Å²) in [5.41, 5.74) is 0.360. The summed E-state index contributed by atoms with van der Waals surface area (Å²) in [4.78, 5) is 20.4. The van der Waals surface area contributed by atoms with E-state index >= 15 is 0 Å². The number of anilines is 1. The number of aromatic nitrogens is 2. The maximum absolute atomic E-state index is 12.1. The van der Waals surface area contributed by atoms with Crippen LogP contribution >= 0.6 is 0 Å². The van der Waals surface area contributed by atoms with Gasteiger partial charge in [-0.25, -0.2) is 4.98 Å². The van der Waals surface area contributed by atoms with Gasteiger partial charge in [0.2, 0.25) is 0 Å². The van der Waals surface area contributed by atoms with Crippen LogP contribution in [0.2, 0.25) is 0 Å². The van der Waals surface area contributed by atoms with Crippen LogP contribution in [0, 0.1) is 5.41 Å². The molecule has 0 aliphatic heterocycles. The quantitative estimate of drug-likeness (QED) is 0.857. The molecule has 0 saturated carbocycles. The van der Waals surface area contributed by atoms with Crippen LogP contribution in [0.15, 0.2) is 12.4 Å². The third-order valence-corrected chi connectivity index (χ3v) is 3.07. The monoisotopic (exact) mass is 264 g/mol. The third kappa shape index (κ3) is 4.85. The number of rotatable bonds is 5. The van der Waals surface area contributed by atoms with Crippen molar-refractivity contribution >= 4 is 11.7 Å². The number of nitrogens with zero attached hydrogens (tertiary/aromatic N) is 2. The lowest BCUT2D eigenvalue weighted by Crippen LogP contribution is -2.41. The van der Waals surface area contributed by atoms with Crippen molar-refractivity contribution in [2.24, 2.45) is 5.41 Å². The number of amides is 1. The van der Waals surface area contributed by atoms with Gasteiger partial charge < -0.3 is 10.6 Å². The number of hydrogen-bond acceptors (Lipinski definition) is 4. The summed E-state index contributed by atoms with van der Waals surface area (Å²) in [5, 5.41) is 6.07. The van der Waals surface area contributed by atoms with E-state index in [0.717, 1.165) is 13.0 Å². The molecule has 0 aliphatic carbocycles. The van der Waals surface area contributed by atoms with Gasteiger partial charge in [0.25, 0.3) is 5.91 Å². The minimum atomic E-state index is -0.185. The van der Waals surface area contributed by atoms with Crippen molar-refractivity contribution in [3.63, 3.8) is 0 Å². The molecule has 1 amide bonds. The highest BCUT2D eigenvalue weighted by Gasteiger charge is 2.22. The van der Waals surface area contributed by atoms with Gasteiger partial charge in [-0.15, -0.1) is 0 Å². The summed E-state index contributed by atoms with van der Waals surface area (Å²) in [5.74, 6) is 0.452. The highest BCUT2D eigenvalue weighted by Crippen LogP contribution is 2.18. The first kappa shape index (κ1) is 15.4. The lowest BCUT2D eigenvalue weighted by atomic mass is 9.88. The zero-order valence-electron chi connectivity index (χ0n) is 12.4. The van der Waals surface area contributed by atoms with Crippen LogP contribution in [-0.4, -0.2) is 28.5 Å². The molecule has 0 spiro atoms. The van der Waals surface area contributed by atoms with Gasteiger partial charge in [0, 0.05) is 12.6 Å². The predicted octanol–water partition coefficient (Wildman–Crippen LogP) is 2.46. The molecule has 1 rings (SSSR count). The predicted molar refractivity (Wildman–Crippen MR) is 77.2 cm³/mol. The molecule has 1 atom stereocenters. The van der Waals surface area contributed by atoms with Crippen molar-refractivity contribution in [3.8, 4) is 0 Å². The average Bonchev–Trinajstić information content (AvgIpc) is 2.35. The molecule has 0 bridgehead atoms. The first-order valence-corrected chi connectivity index (χ1v) is 6.71. The number of carbonyl (C=O) groups is 1. The summed E-state index contributed by atoms with van der Waals surface area (Å²) in [6.45, 7) is 11.1. The third-order valence-electron chi connectivity index (χ3n) is 3.07. The molecular weight excluding hydrogens is 240 g/mol. The van der Waals surface area contributed by atoms with Gasteiger partial charge in [-0.1, -0.05) is 27.7 Å². The Morgan fingerprint density at radius 1 is 1.37 bits per heavy atom. The molecule has 1 heterocycles. The molecule has 0 aliphatic rings. The van der Waals surface area contributed by atoms with Gasteiger partial charge >= 0.3 is 0 Å². The first-order valence-electron chi connectivity index (χ1n) is 6.71. The van der Waals surface area contributed by atoms with E-state index < -0.39 is 0 Å². The van der Waals surface area contributed by atoms with Crippen molar-refractivity contribution in [2.75, 3.05) is 11.9 Å². The van der Waals surface area contributed by atoms with Crippen LogP contribution in [0.5, 0.6) is 0 Å². The molecule has 19 heavy (non-hydrogen) atoms. The van der Waals surface area contributed by atoms with Crippen molar-refractivity contribution in [1.82, 2.24) is 15.3 Å². The Labute approximate surface area is 115 Å². The van der Waals surface area contributed by atoms with E-state index in [2.05, 4.69) is 48.3 Å². The fourth-order valence-electron chi connectivity index (χ4n) is 1.30. The Hall–Kier alpha value is -1.65. The summed E-state index contributed by atoms with van der Waals surface area (Å²) < 4.78 is 0. The Balaban J connectivity index is 2.72. The lowest BCUT2D eigenvalue weighted by molar-refractivity contribution is 0.0904. The van der Waals surface area contributed by atoms with Crippen molar-refractivity contribution in [2.45, 2.75) is 47.1 Å². The van der Waals surface area contributed by atoms with Crippen molar-refractivity contribution < 1.29 is 4.79 Å². The molecular formula is C14H24N4O. The van der Waals surface area contributed by atoms with Crippen LogP contribution in [0.3, 0.4) is 0 Å². The number of carbonyl (C=O) groups excluding carboxylic acids is 1. The van der Waals surface area contributed by atoms with Crippen LogP contribution < -0.4 is 10.6 Å². The van der Waals surface area contributed by atoms with Gasteiger partial charge in [0.1, 0.15) is 11.5 Å². The van der Waals surface area contributed by atoms with Gasteiger partial charge in [0.15, 0.2) is 0 Å². The molecule has 5 nitrogen and oxygen atoms in total. The maximum atomic E-state index is 12.1.